The zero-order chi connectivity index (χ0) is 22.8. The number of anilines is 2. The molecule has 1 aromatic carbocycles. The summed E-state index contributed by atoms with van der Waals surface area (Å²) in [5.74, 6) is -0.672. The van der Waals surface area contributed by atoms with Gasteiger partial charge in [-0.25, -0.2) is 14.8 Å². The predicted molar refractivity (Wildman–Crippen MR) is 128 cm³/mol. The SMILES string of the molecule is CC(=O)N(c1nc(COC(=O)/C=C\c2c(Cl)nc3sccn23)cs1)c1ccc(C)cc1C. The summed E-state index contributed by atoms with van der Waals surface area (Å²) >= 11 is 8.89. The molecule has 0 spiro atoms. The molecule has 0 bridgehead atoms. The third kappa shape index (κ3) is 4.59. The summed E-state index contributed by atoms with van der Waals surface area (Å²) in [6.07, 6.45) is 4.70. The lowest BCUT2D eigenvalue weighted by molar-refractivity contribution is -0.139. The van der Waals surface area contributed by atoms with Crippen molar-refractivity contribution in [3.8, 4) is 0 Å². The summed E-state index contributed by atoms with van der Waals surface area (Å²) in [5, 5.41) is 4.50. The van der Waals surface area contributed by atoms with Crippen molar-refractivity contribution in [3.05, 3.63) is 68.9 Å². The lowest BCUT2D eigenvalue weighted by Gasteiger charge is -2.20. The topological polar surface area (TPSA) is 76.8 Å². The maximum Gasteiger partial charge on any atom is 0.331 e. The summed E-state index contributed by atoms with van der Waals surface area (Å²) < 4.78 is 7.10. The molecule has 0 aliphatic carbocycles. The van der Waals surface area contributed by atoms with Crippen LogP contribution in [0.15, 0.2) is 41.2 Å². The van der Waals surface area contributed by atoms with E-state index < -0.39 is 5.97 Å². The number of hydrogen-bond acceptors (Lipinski definition) is 7. The van der Waals surface area contributed by atoms with Crippen LogP contribution in [0.5, 0.6) is 0 Å². The number of benzene rings is 1. The lowest BCUT2D eigenvalue weighted by atomic mass is 10.1. The Hall–Kier alpha value is -3.01. The van der Waals surface area contributed by atoms with Gasteiger partial charge in [0, 0.05) is 30.0 Å². The lowest BCUT2D eigenvalue weighted by Crippen LogP contribution is -2.23. The summed E-state index contributed by atoms with van der Waals surface area (Å²) in [6, 6.07) is 5.88. The van der Waals surface area contributed by atoms with Crippen LogP contribution in [0.1, 0.15) is 29.4 Å². The molecule has 0 unspecified atom stereocenters. The number of hydrogen-bond donors (Lipinski definition) is 0. The Morgan fingerprint density at radius 2 is 2.06 bits per heavy atom. The number of amides is 1. The Morgan fingerprint density at radius 3 is 2.81 bits per heavy atom. The second-order valence-electron chi connectivity index (χ2n) is 7.05. The zero-order valence-corrected chi connectivity index (χ0v) is 19.9. The Kier molecular flexibility index (Phi) is 6.40. The monoisotopic (exact) mass is 486 g/mol. The maximum absolute atomic E-state index is 12.3. The number of carbonyl (C=O) groups is 2. The van der Waals surface area contributed by atoms with Gasteiger partial charge in [-0.15, -0.1) is 22.7 Å². The number of nitrogens with zero attached hydrogens (tertiary/aromatic N) is 4. The number of ether oxygens (including phenoxy) is 1. The van der Waals surface area contributed by atoms with Gasteiger partial charge in [0.25, 0.3) is 0 Å². The van der Waals surface area contributed by atoms with E-state index >= 15 is 0 Å². The highest BCUT2D eigenvalue weighted by molar-refractivity contribution is 7.15. The molecule has 0 aliphatic rings. The number of halogens is 1. The highest BCUT2D eigenvalue weighted by Crippen LogP contribution is 2.32. The molecule has 7 nitrogen and oxygen atoms in total. The van der Waals surface area contributed by atoms with Crippen molar-refractivity contribution in [3.63, 3.8) is 0 Å². The molecule has 3 aromatic heterocycles. The zero-order valence-electron chi connectivity index (χ0n) is 17.5. The number of aromatic nitrogens is 3. The third-order valence-corrected chi connectivity index (χ3v) is 6.54. The van der Waals surface area contributed by atoms with Crippen LogP contribution in [-0.2, 0) is 20.9 Å². The van der Waals surface area contributed by atoms with E-state index in [4.69, 9.17) is 16.3 Å². The van der Waals surface area contributed by atoms with Crippen molar-refractivity contribution >= 4 is 68.0 Å². The number of fused-ring (bicyclic) bond motifs is 1. The highest BCUT2D eigenvalue weighted by Gasteiger charge is 2.20. The molecule has 4 aromatic rings. The summed E-state index contributed by atoms with van der Waals surface area (Å²) in [5.41, 5.74) is 4.05. The second kappa shape index (κ2) is 9.23. The fraction of sp³-hybridized carbons (Fsp3) is 0.182. The van der Waals surface area contributed by atoms with E-state index in [2.05, 4.69) is 9.97 Å². The van der Waals surface area contributed by atoms with E-state index in [1.807, 2.05) is 43.6 Å². The van der Waals surface area contributed by atoms with Crippen molar-refractivity contribution in [2.45, 2.75) is 27.4 Å². The largest absolute Gasteiger partial charge is 0.456 e. The fourth-order valence-corrected chi connectivity index (χ4v) is 5.06. The van der Waals surface area contributed by atoms with Gasteiger partial charge in [-0.05, 0) is 31.6 Å². The molecule has 3 heterocycles. The number of rotatable bonds is 6. The van der Waals surface area contributed by atoms with Gasteiger partial charge in [0.1, 0.15) is 6.61 Å². The fourth-order valence-electron chi connectivity index (χ4n) is 3.20. The van der Waals surface area contributed by atoms with Gasteiger partial charge >= 0.3 is 5.97 Å². The Balaban J connectivity index is 1.44. The number of esters is 1. The first-order valence-corrected chi connectivity index (χ1v) is 11.8. The molecule has 1 amide bonds. The van der Waals surface area contributed by atoms with Crippen LogP contribution in [0.3, 0.4) is 0 Å². The van der Waals surface area contributed by atoms with E-state index in [0.29, 0.717) is 21.7 Å². The van der Waals surface area contributed by atoms with Crippen molar-refractivity contribution in [1.82, 2.24) is 14.4 Å². The van der Waals surface area contributed by atoms with Crippen molar-refractivity contribution in [1.29, 1.82) is 0 Å². The molecule has 0 saturated carbocycles. The first-order valence-electron chi connectivity index (χ1n) is 9.61. The smallest absolute Gasteiger partial charge is 0.331 e. The van der Waals surface area contributed by atoms with Gasteiger partial charge < -0.3 is 4.74 Å². The average molecular weight is 487 g/mol. The van der Waals surface area contributed by atoms with Gasteiger partial charge in [0.15, 0.2) is 15.2 Å². The molecule has 0 aliphatic heterocycles. The maximum atomic E-state index is 12.3. The molecule has 0 fully saturated rings. The quantitative estimate of drug-likeness (QED) is 0.263. The number of aryl methyl sites for hydroxylation is 2. The van der Waals surface area contributed by atoms with E-state index in [1.165, 1.54) is 35.7 Å². The van der Waals surface area contributed by atoms with Crippen LogP contribution in [0.4, 0.5) is 10.8 Å². The highest BCUT2D eigenvalue weighted by atomic mass is 35.5. The van der Waals surface area contributed by atoms with Gasteiger partial charge in [0.05, 0.1) is 17.1 Å². The minimum absolute atomic E-state index is 0.00764. The summed E-state index contributed by atoms with van der Waals surface area (Å²) in [6.45, 7) is 5.45. The second-order valence-corrected chi connectivity index (χ2v) is 9.12. The number of imidazole rings is 1. The van der Waals surface area contributed by atoms with Crippen LogP contribution in [0.2, 0.25) is 5.15 Å². The van der Waals surface area contributed by atoms with Gasteiger partial charge in [-0.2, -0.15) is 0 Å². The van der Waals surface area contributed by atoms with Crippen molar-refractivity contribution in [2.24, 2.45) is 0 Å². The van der Waals surface area contributed by atoms with Crippen LogP contribution in [0.25, 0.3) is 11.0 Å². The molecular formula is C22H19ClN4O3S2. The van der Waals surface area contributed by atoms with Crippen molar-refractivity contribution in [2.75, 3.05) is 4.90 Å². The average Bonchev–Trinajstić information content (AvgIpc) is 3.44. The molecule has 164 valence electrons. The molecule has 0 N–H and O–H groups in total. The minimum atomic E-state index is -0.529. The molecule has 32 heavy (non-hydrogen) atoms. The standard InChI is InChI=1S/C22H19ClN4O3S2/c1-13-4-5-17(14(2)10-13)27(15(3)28)22-24-16(12-32-22)11-30-19(29)7-6-18-20(23)25-21-26(18)8-9-31-21/h4-10,12H,11H2,1-3H3/b7-6-. The third-order valence-electron chi connectivity index (χ3n) is 4.63. The van der Waals surface area contributed by atoms with E-state index in [-0.39, 0.29) is 12.5 Å². The summed E-state index contributed by atoms with van der Waals surface area (Å²) in [7, 11) is 0. The van der Waals surface area contributed by atoms with Crippen LogP contribution in [-0.4, -0.2) is 26.2 Å². The minimum Gasteiger partial charge on any atom is -0.456 e. The normalized spacial score (nSPS) is 11.4. The molecule has 0 atom stereocenters. The van der Waals surface area contributed by atoms with E-state index in [9.17, 15) is 9.59 Å². The predicted octanol–water partition coefficient (Wildman–Crippen LogP) is 5.56. The van der Waals surface area contributed by atoms with Crippen LogP contribution >= 0.6 is 34.3 Å². The van der Waals surface area contributed by atoms with E-state index in [1.54, 1.807) is 20.8 Å². The molecule has 0 radical (unpaired) electrons. The Labute approximate surface area is 197 Å². The van der Waals surface area contributed by atoms with Gasteiger partial charge in [0.2, 0.25) is 5.91 Å². The molecule has 4 rings (SSSR count). The first-order chi connectivity index (χ1) is 15.3. The van der Waals surface area contributed by atoms with Crippen LogP contribution < -0.4 is 4.90 Å². The van der Waals surface area contributed by atoms with Gasteiger partial charge in [-0.3, -0.25) is 14.1 Å². The number of carbonyl (C=O) groups excluding carboxylic acids is 2. The Morgan fingerprint density at radius 1 is 1.25 bits per heavy atom. The van der Waals surface area contributed by atoms with Crippen molar-refractivity contribution < 1.29 is 14.3 Å². The molecular weight excluding hydrogens is 468 g/mol. The Bertz CT molecular complexity index is 1340. The number of thiazole rings is 2. The van der Waals surface area contributed by atoms with E-state index in [0.717, 1.165) is 21.8 Å². The summed E-state index contributed by atoms with van der Waals surface area (Å²) in [4.78, 5) is 35.5. The van der Waals surface area contributed by atoms with Gasteiger partial charge in [-0.1, -0.05) is 29.3 Å². The molecule has 0 saturated heterocycles. The molecule has 10 heteroatoms. The van der Waals surface area contributed by atoms with Crippen LogP contribution in [0, 0.1) is 13.8 Å². The first kappa shape index (κ1) is 22.2.